The van der Waals surface area contributed by atoms with Crippen molar-refractivity contribution in [2.24, 2.45) is 0 Å². The highest BCUT2D eigenvalue weighted by Gasteiger charge is 2.28. The number of hydrogen-bond donors (Lipinski definition) is 1. The number of alkyl halides is 3. The van der Waals surface area contributed by atoms with Crippen molar-refractivity contribution >= 4 is 5.82 Å². The van der Waals surface area contributed by atoms with Gasteiger partial charge in [0.1, 0.15) is 5.82 Å². The lowest BCUT2D eigenvalue weighted by Crippen LogP contribution is -2.21. The molecule has 0 unspecified atom stereocenters. The van der Waals surface area contributed by atoms with E-state index < -0.39 is 6.30 Å². The average molecular weight is 238 g/mol. The Bertz CT molecular complexity index is 495. The maximum atomic E-state index is 12.3. The van der Waals surface area contributed by atoms with E-state index in [1.165, 1.54) is 11.5 Å². The molecule has 0 bridgehead atoms. The predicted molar refractivity (Wildman–Crippen MR) is 59.4 cm³/mol. The molecule has 0 radical (unpaired) electrons. The molecule has 17 heavy (non-hydrogen) atoms. The number of halogens is 3. The van der Waals surface area contributed by atoms with Crippen LogP contribution < -0.4 is 5.32 Å². The topological polar surface area (TPSA) is 24.9 Å². The Morgan fingerprint density at radius 3 is 2.29 bits per heavy atom. The molecule has 0 aliphatic carbocycles. The van der Waals surface area contributed by atoms with Crippen LogP contribution in [0.4, 0.5) is 19.0 Å². The highest BCUT2D eigenvalue weighted by atomic mass is 19.4. The van der Waals surface area contributed by atoms with E-state index in [2.05, 4.69) is 4.98 Å². The largest absolute Gasteiger partial charge is 0.483 e. The first kappa shape index (κ1) is 11.4. The van der Waals surface area contributed by atoms with Crippen LogP contribution in [0.3, 0.4) is 0 Å². The van der Waals surface area contributed by atoms with Gasteiger partial charge in [-0.3, -0.25) is 5.32 Å². The lowest BCUT2D eigenvalue weighted by atomic mass is 10.1. The van der Waals surface area contributed by atoms with Gasteiger partial charge in [0.15, 0.2) is 0 Å². The first-order valence-electron chi connectivity index (χ1n) is 4.91. The molecule has 0 fully saturated rings. The molecule has 1 aromatic carbocycles. The summed E-state index contributed by atoms with van der Waals surface area (Å²) in [5, 5.41) is 1.44. The molecule has 0 spiro atoms. The van der Waals surface area contributed by atoms with Gasteiger partial charge in [-0.15, -0.1) is 0 Å². The fourth-order valence-electron chi connectivity index (χ4n) is 1.49. The molecule has 88 valence electrons. The number of hydrogen-bond acceptors (Lipinski definition) is 2. The van der Waals surface area contributed by atoms with E-state index in [4.69, 9.17) is 0 Å². The van der Waals surface area contributed by atoms with Gasteiger partial charge in [0.25, 0.3) is 0 Å². The van der Waals surface area contributed by atoms with E-state index in [1.54, 1.807) is 42.5 Å². The number of rotatable bonds is 2. The number of pyridine rings is 1. The number of benzene rings is 1. The van der Waals surface area contributed by atoms with E-state index in [1.807, 2.05) is 0 Å². The van der Waals surface area contributed by atoms with Crippen LogP contribution in [-0.2, 0) is 0 Å². The zero-order chi connectivity index (χ0) is 12.3. The Labute approximate surface area is 96.1 Å². The van der Waals surface area contributed by atoms with Gasteiger partial charge < -0.3 is 0 Å². The highest BCUT2D eigenvalue weighted by molar-refractivity contribution is 5.74. The molecule has 2 rings (SSSR count). The number of anilines is 1. The molecule has 0 aliphatic rings. The number of aromatic nitrogens is 1. The monoisotopic (exact) mass is 238 g/mol. The Hall–Kier alpha value is -2.04. The van der Waals surface area contributed by atoms with E-state index in [9.17, 15) is 13.2 Å². The molecule has 1 aromatic heterocycles. The molecule has 1 N–H and O–H groups in total. The molecular formula is C12H9F3N2. The molecule has 0 saturated heterocycles. The summed E-state index contributed by atoms with van der Waals surface area (Å²) in [5.74, 6) is -0.189. The van der Waals surface area contributed by atoms with Gasteiger partial charge in [-0.25, -0.2) is 4.98 Å². The van der Waals surface area contributed by atoms with Crippen molar-refractivity contribution in [1.29, 1.82) is 0 Å². The van der Waals surface area contributed by atoms with E-state index >= 15 is 0 Å². The summed E-state index contributed by atoms with van der Waals surface area (Å²) in [7, 11) is 0. The van der Waals surface area contributed by atoms with Crippen molar-refractivity contribution in [2.45, 2.75) is 6.30 Å². The van der Waals surface area contributed by atoms with Gasteiger partial charge in [0.05, 0.1) is 0 Å². The Balaban J connectivity index is 2.41. The highest BCUT2D eigenvalue weighted by Crippen LogP contribution is 2.28. The molecule has 0 saturated carbocycles. The third-order valence-electron chi connectivity index (χ3n) is 2.15. The number of nitrogens with zero attached hydrogens (tertiary/aromatic N) is 1. The average Bonchev–Trinajstić information content (AvgIpc) is 2.29. The molecule has 1 heterocycles. The van der Waals surface area contributed by atoms with Crippen molar-refractivity contribution in [3.05, 3.63) is 48.7 Å². The Morgan fingerprint density at radius 2 is 1.65 bits per heavy atom. The SMILES string of the molecule is FC(F)(F)Nc1ncccc1-c1ccccc1. The normalized spacial score (nSPS) is 11.2. The van der Waals surface area contributed by atoms with Gasteiger partial charge in [-0.2, -0.15) is 13.2 Å². The van der Waals surface area contributed by atoms with E-state index in [0.717, 1.165) is 0 Å². The maximum Gasteiger partial charge on any atom is 0.483 e. The summed E-state index contributed by atoms with van der Waals surface area (Å²) in [6.07, 6.45) is -3.17. The summed E-state index contributed by atoms with van der Waals surface area (Å²) in [5.41, 5.74) is 1.11. The van der Waals surface area contributed by atoms with Crippen molar-refractivity contribution in [3.8, 4) is 11.1 Å². The summed E-state index contributed by atoms with van der Waals surface area (Å²) >= 11 is 0. The molecule has 2 aromatic rings. The first-order valence-corrected chi connectivity index (χ1v) is 4.91. The number of nitrogens with one attached hydrogen (secondary N) is 1. The molecular weight excluding hydrogens is 229 g/mol. The van der Waals surface area contributed by atoms with Crippen LogP contribution in [0.1, 0.15) is 0 Å². The second-order valence-corrected chi connectivity index (χ2v) is 3.39. The summed E-state index contributed by atoms with van der Waals surface area (Å²) < 4.78 is 36.9. The minimum Gasteiger partial charge on any atom is -0.281 e. The standard InChI is InChI=1S/C12H9F3N2/c13-12(14,15)17-11-10(7-4-8-16-11)9-5-2-1-3-6-9/h1-8H,(H,16,17). The van der Waals surface area contributed by atoms with Crippen LogP contribution in [0.5, 0.6) is 0 Å². The zero-order valence-corrected chi connectivity index (χ0v) is 8.70. The summed E-state index contributed by atoms with van der Waals surface area (Å²) in [6.45, 7) is 0. The second-order valence-electron chi connectivity index (χ2n) is 3.39. The smallest absolute Gasteiger partial charge is 0.281 e. The lowest BCUT2D eigenvalue weighted by molar-refractivity contribution is -0.100. The Morgan fingerprint density at radius 1 is 0.941 bits per heavy atom. The second kappa shape index (κ2) is 4.45. The molecule has 2 nitrogen and oxygen atoms in total. The molecule has 0 amide bonds. The minimum atomic E-state index is -4.49. The molecule has 0 atom stereocenters. The van der Waals surface area contributed by atoms with Crippen LogP contribution >= 0.6 is 0 Å². The molecule has 5 heteroatoms. The van der Waals surface area contributed by atoms with Crippen LogP contribution in [0, 0.1) is 0 Å². The van der Waals surface area contributed by atoms with Gasteiger partial charge in [0.2, 0.25) is 0 Å². The Kier molecular flexibility index (Phi) is 2.99. The van der Waals surface area contributed by atoms with Gasteiger partial charge in [-0.1, -0.05) is 30.3 Å². The van der Waals surface area contributed by atoms with Crippen LogP contribution in [0.2, 0.25) is 0 Å². The van der Waals surface area contributed by atoms with Crippen LogP contribution in [0.25, 0.3) is 11.1 Å². The quantitative estimate of drug-likeness (QED) is 0.807. The predicted octanol–water partition coefficient (Wildman–Crippen LogP) is 3.68. The van der Waals surface area contributed by atoms with Crippen molar-refractivity contribution in [2.75, 3.05) is 5.32 Å². The third kappa shape index (κ3) is 2.96. The zero-order valence-electron chi connectivity index (χ0n) is 8.70. The fraction of sp³-hybridized carbons (Fsp3) is 0.0833. The fourth-order valence-corrected chi connectivity index (χ4v) is 1.49. The van der Waals surface area contributed by atoms with E-state index in [0.29, 0.717) is 11.1 Å². The first-order chi connectivity index (χ1) is 8.06. The van der Waals surface area contributed by atoms with Crippen LogP contribution in [-0.4, -0.2) is 11.3 Å². The maximum absolute atomic E-state index is 12.3. The molecule has 0 aliphatic heterocycles. The minimum absolute atomic E-state index is 0.189. The van der Waals surface area contributed by atoms with Crippen molar-refractivity contribution < 1.29 is 13.2 Å². The lowest BCUT2D eigenvalue weighted by Gasteiger charge is -2.12. The summed E-state index contributed by atoms with van der Waals surface area (Å²) in [6, 6.07) is 12.0. The van der Waals surface area contributed by atoms with Gasteiger partial charge >= 0.3 is 6.30 Å². The van der Waals surface area contributed by atoms with Gasteiger partial charge in [0, 0.05) is 11.8 Å². The van der Waals surface area contributed by atoms with E-state index in [-0.39, 0.29) is 5.82 Å². The van der Waals surface area contributed by atoms with Crippen molar-refractivity contribution in [3.63, 3.8) is 0 Å². The van der Waals surface area contributed by atoms with Crippen molar-refractivity contribution in [1.82, 2.24) is 4.98 Å². The third-order valence-corrected chi connectivity index (χ3v) is 2.15. The summed E-state index contributed by atoms with van der Waals surface area (Å²) in [4.78, 5) is 3.71. The van der Waals surface area contributed by atoms with Crippen LogP contribution in [0.15, 0.2) is 48.7 Å². The van der Waals surface area contributed by atoms with Gasteiger partial charge in [-0.05, 0) is 17.7 Å².